The summed E-state index contributed by atoms with van der Waals surface area (Å²) in [6.45, 7) is 0.550. The Morgan fingerprint density at radius 1 is 1.30 bits per heavy atom. The van der Waals surface area contributed by atoms with Gasteiger partial charge in [0.25, 0.3) is 5.91 Å². The van der Waals surface area contributed by atoms with E-state index in [1.165, 1.54) is 12.1 Å². The number of benzene rings is 1. The number of halogens is 1. The molecule has 2 rings (SSSR count). The van der Waals surface area contributed by atoms with Crippen LogP contribution in [0.1, 0.15) is 15.9 Å². The van der Waals surface area contributed by atoms with Gasteiger partial charge >= 0.3 is 0 Å². The molecular formula is C15H15ClN2O2. The fourth-order valence-electron chi connectivity index (χ4n) is 1.83. The molecule has 0 radical (unpaired) electrons. The minimum Gasteiger partial charge on any atom is -0.507 e. The van der Waals surface area contributed by atoms with E-state index in [-0.39, 0.29) is 17.2 Å². The zero-order valence-electron chi connectivity index (χ0n) is 11.1. The molecule has 1 heterocycles. The SMILES string of the molecule is CN(CCc1ccncc1)C(=O)c1cc(Cl)ccc1O. The zero-order chi connectivity index (χ0) is 14.5. The molecule has 0 spiro atoms. The lowest BCUT2D eigenvalue weighted by Gasteiger charge is -2.18. The lowest BCUT2D eigenvalue weighted by Crippen LogP contribution is -2.28. The molecule has 0 aliphatic rings. The van der Waals surface area contributed by atoms with Gasteiger partial charge in [-0.05, 0) is 42.3 Å². The van der Waals surface area contributed by atoms with Gasteiger partial charge in [0.15, 0.2) is 0 Å². The second kappa shape index (κ2) is 6.39. The van der Waals surface area contributed by atoms with Crippen LogP contribution in [-0.4, -0.2) is 34.5 Å². The Balaban J connectivity index is 2.03. The first-order valence-electron chi connectivity index (χ1n) is 6.21. The lowest BCUT2D eigenvalue weighted by molar-refractivity contribution is 0.0793. The normalized spacial score (nSPS) is 10.3. The van der Waals surface area contributed by atoms with E-state index in [4.69, 9.17) is 11.6 Å². The Morgan fingerprint density at radius 2 is 2.00 bits per heavy atom. The molecule has 2 aromatic rings. The molecule has 0 bridgehead atoms. The predicted molar refractivity (Wildman–Crippen MR) is 78.0 cm³/mol. The molecule has 1 aromatic carbocycles. The zero-order valence-corrected chi connectivity index (χ0v) is 11.8. The molecule has 0 atom stereocenters. The number of amides is 1. The van der Waals surface area contributed by atoms with Crippen LogP contribution in [0.4, 0.5) is 0 Å². The van der Waals surface area contributed by atoms with Gasteiger partial charge in [0.2, 0.25) is 0 Å². The summed E-state index contributed by atoms with van der Waals surface area (Å²) >= 11 is 5.85. The van der Waals surface area contributed by atoms with Crippen molar-refractivity contribution in [1.29, 1.82) is 0 Å². The van der Waals surface area contributed by atoms with Gasteiger partial charge in [0.1, 0.15) is 5.75 Å². The maximum Gasteiger partial charge on any atom is 0.257 e. The Hall–Kier alpha value is -2.07. The molecule has 0 saturated carbocycles. The molecule has 4 nitrogen and oxygen atoms in total. The summed E-state index contributed by atoms with van der Waals surface area (Å²) in [7, 11) is 1.70. The highest BCUT2D eigenvalue weighted by atomic mass is 35.5. The number of phenolic OH excluding ortho intramolecular Hbond substituents is 1. The number of carbonyl (C=O) groups excluding carboxylic acids is 1. The van der Waals surface area contributed by atoms with Crippen LogP contribution in [0.25, 0.3) is 0 Å². The van der Waals surface area contributed by atoms with Gasteiger partial charge in [-0.25, -0.2) is 0 Å². The summed E-state index contributed by atoms with van der Waals surface area (Å²) in [5.41, 5.74) is 1.32. The Bertz CT molecular complexity index is 602. The molecule has 0 saturated heterocycles. The van der Waals surface area contributed by atoms with E-state index in [0.29, 0.717) is 11.6 Å². The van der Waals surface area contributed by atoms with Gasteiger partial charge < -0.3 is 10.0 Å². The number of nitrogens with zero attached hydrogens (tertiary/aromatic N) is 2. The van der Waals surface area contributed by atoms with Crippen LogP contribution in [0.2, 0.25) is 5.02 Å². The summed E-state index contributed by atoms with van der Waals surface area (Å²) in [4.78, 5) is 17.7. The van der Waals surface area contributed by atoms with Gasteiger partial charge in [-0.15, -0.1) is 0 Å². The monoisotopic (exact) mass is 290 g/mol. The standard InChI is InChI=1S/C15H15ClN2O2/c1-18(9-6-11-4-7-17-8-5-11)15(20)13-10-12(16)2-3-14(13)19/h2-5,7-8,10,19H,6,9H2,1H3. The fourth-order valence-corrected chi connectivity index (χ4v) is 2.01. The molecule has 1 N–H and O–H groups in total. The number of phenols is 1. The Kier molecular flexibility index (Phi) is 4.58. The van der Waals surface area contributed by atoms with Crippen LogP contribution in [0.3, 0.4) is 0 Å². The van der Waals surface area contributed by atoms with Crippen LogP contribution in [0, 0.1) is 0 Å². The molecule has 104 valence electrons. The number of hydrogen-bond acceptors (Lipinski definition) is 3. The summed E-state index contributed by atoms with van der Waals surface area (Å²) in [6.07, 6.45) is 4.17. The number of carbonyl (C=O) groups is 1. The summed E-state index contributed by atoms with van der Waals surface area (Å²) in [6, 6.07) is 8.27. The minimum absolute atomic E-state index is 0.0600. The average Bonchev–Trinajstić information content (AvgIpc) is 2.47. The van der Waals surface area contributed by atoms with Crippen molar-refractivity contribution < 1.29 is 9.90 Å². The molecular weight excluding hydrogens is 276 g/mol. The summed E-state index contributed by atoms with van der Waals surface area (Å²) in [5.74, 6) is -0.311. The maximum absolute atomic E-state index is 12.2. The maximum atomic E-state index is 12.2. The Labute approximate surface area is 122 Å². The first kappa shape index (κ1) is 14.3. The van der Waals surface area contributed by atoms with Crippen molar-refractivity contribution in [2.75, 3.05) is 13.6 Å². The highest BCUT2D eigenvalue weighted by molar-refractivity contribution is 6.31. The minimum atomic E-state index is -0.251. The van der Waals surface area contributed by atoms with Crippen molar-refractivity contribution >= 4 is 17.5 Å². The molecule has 0 unspecified atom stereocenters. The van der Waals surface area contributed by atoms with E-state index >= 15 is 0 Å². The highest BCUT2D eigenvalue weighted by Gasteiger charge is 2.16. The van der Waals surface area contributed by atoms with E-state index < -0.39 is 0 Å². The van der Waals surface area contributed by atoms with Gasteiger partial charge in [-0.1, -0.05) is 11.6 Å². The third kappa shape index (κ3) is 3.48. The number of hydrogen-bond donors (Lipinski definition) is 1. The van der Waals surface area contributed by atoms with Crippen molar-refractivity contribution in [3.8, 4) is 5.75 Å². The van der Waals surface area contributed by atoms with Gasteiger partial charge in [-0.3, -0.25) is 9.78 Å². The van der Waals surface area contributed by atoms with Crippen molar-refractivity contribution in [3.63, 3.8) is 0 Å². The van der Waals surface area contributed by atoms with Gasteiger partial charge in [0.05, 0.1) is 5.56 Å². The van der Waals surface area contributed by atoms with E-state index in [2.05, 4.69) is 4.98 Å². The number of likely N-dealkylation sites (N-methyl/N-ethyl adjacent to an activating group) is 1. The Morgan fingerprint density at radius 3 is 2.70 bits per heavy atom. The quantitative estimate of drug-likeness (QED) is 0.942. The average molecular weight is 291 g/mol. The predicted octanol–water partition coefficient (Wildman–Crippen LogP) is 2.76. The van der Waals surface area contributed by atoms with Crippen LogP contribution in [0.15, 0.2) is 42.7 Å². The smallest absolute Gasteiger partial charge is 0.257 e. The van der Waals surface area contributed by atoms with Crippen molar-refractivity contribution in [3.05, 3.63) is 58.9 Å². The van der Waals surface area contributed by atoms with Crippen molar-refractivity contribution in [2.24, 2.45) is 0 Å². The summed E-state index contributed by atoms with van der Waals surface area (Å²) in [5, 5.41) is 10.1. The highest BCUT2D eigenvalue weighted by Crippen LogP contribution is 2.22. The van der Waals surface area contributed by atoms with Crippen LogP contribution in [0.5, 0.6) is 5.75 Å². The second-order valence-corrected chi connectivity index (χ2v) is 4.93. The van der Waals surface area contributed by atoms with E-state index in [1.807, 2.05) is 12.1 Å². The molecule has 0 fully saturated rings. The number of aromatic hydroxyl groups is 1. The van der Waals surface area contributed by atoms with E-state index in [9.17, 15) is 9.90 Å². The van der Waals surface area contributed by atoms with Crippen molar-refractivity contribution in [2.45, 2.75) is 6.42 Å². The summed E-state index contributed by atoms with van der Waals surface area (Å²) < 4.78 is 0. The first-order chi connectivity index (χ1) is 9.58. The van der Waals surface area contributed by atoms with Crippen LogP contribution >= 0.6 is 11.6 Å². The molecule has 0 aliphatic carbocycles. The van der Waals surface area contributed by atoms with Gasteiger partial charge in [-0.2, -0.15) is 0 Å². The lowest BCUT2D eigenvalue weighted by atomic mass is 10.1. The molecule has 5 heteroatoms. The molecule has 1 aromatic heterocycles. The van der Waals surface area contributed by atoms with Crippen molar-refractivity contribution in [1.82, 2.24) is 9.88 Å². The van der Waals surface area contributed by atoms with Gasteiger partial charge in [0, 0.05) is 31.0 Å². The number of pyridine rings is 1. The van der Waals surface area contributed by atoms with Crippen LogP contribution < -0.4 is 0 Å². The van der Waals surface area contributed by atoms with E-state index in [0.717, 1.165) is 12.0 Å². The molecule has 20 heavy (non-hydrogen) atoms. The molecule has 0 aliphatic heterocycles. The van der Waals surface area contributed by atoms with Crippen LogP contribution in [-0.2, 0) is 6.42 Å². The van der Waals surface area contributed by atoms with E-state index in [1.54, 1.807) is 30.4 Å². The first-order valence-corrected chi connectivity index (χ1v) is 6.58. The largest absolute Gasteiger partial charge is 0.507 e. The second-order valence-electron chi connectivity index (χ2n) is 4.49. The molecule has 1 amide bonds. The third-order valence-electron chi connectivity index (χ3n) is 3.02. The number of rotatable bonds is 4. The fraction of sp³-hybridized carbons (Fsp3) is 0.200. The number of aromatic nitrogens is 1. The topological polar surface area (TPSA) is 53.4 Å². The third-order valence-corrected chi connectivity index (χ3v) is 3.26.